The van der Waals surface area contributed by atoms with Crippen LogP contribution in [0.5, 0.6) is 0 Å². The fourth-order valence-corrected chi connectivity index (χ4v) is 2.38. The highest BCUT2D eigenvalue weighted by Crippen LogP contribution is 2.28. The molecule has 4 nitrogen and oxygen atoms in total. The van der Waals surface area contributed by atoms with Crippen LogP contribution in [0.4, 0.5) is 19.0 Å². The molecule has 1 aromatic heterocycles. The summed E-state index contributed by atoms with van der Waals surface area (Å²) in [4.78, 5) is 3.43. The second kappa shape index (κ2) is 5.55. The number of nitrogens with zero attached hydrogens (tertiary/aromatic N) is 1. The van der Waals surface area contributed by atoms with Gasteiger partial charge in [-0.3, -0.25) is 4.72 Å². The zero-order chi connectivity index (χ0) is 13.8. The Morgan fingerprint density at radius 1 is 1.33 bits per heavy atom. The summed E-state index contributed by atoms with van der Waals surface area (Å²) in [5.41, 5.74) is -0.918. The van der Waals surface area contributed by atoms with Crippen LogP contribution in [-0.4, -0.2) is 19.2 Å². The van der Waals surface area contributed by atoms with Gasteiger partial charge in [0.05, 0.1) is 11.3 Å². The fraction of sp³-hybridized carbons (Fsp3) is 0.500. The molecule has 0 aliphatic carbocycles. The molecule has 0 saturated carbocycles. The quantitative estimate of drug-likeness (QED) is 0.903. The van der Waals surface area contributed by atoms with E-state index in [0.717, 1.165) is 12.1 Å². The van der Waals surface area contributed by atoms with Crippen LogP contribution in [0, 0.1) is 0 Å². The number of hydrogen-bond donors (Lipinski definition) is 1. The number of hydrogen-bond acceptors (Lipinski definition) is 3. The lowest BCUT2D eigenvalue weighted by atomic mass is 10.3. The minimum Gasteiger partial charge on any atom is -0.267 e. The molecule has 102 valence electrons. The van der Waals surface area contributed by atoms with E-state index in [1.807, 2.05) is 6.92 Å². The summed E-state index contributed by atoms with van der Waals surface area (Å²) >= 11 is 0. The van der Waals surface area contributed by atoms with Crippen molar-refractivity contribution in [1.29, 1.82) is 0 Å². The van der Waals surface area contributed by atoms with E-state index < -0.39 is 21.8 Å². The Hall–Kier alpha value is -1.31. The number of halogens is 3. The Labute approximate surface area is 103 Å². The first kappa shape index (κ1) is 14.7. The minimum absolute atomic E-state index is 0.0772. The summed E-state index contributed by atoms with van der Waals surface area (Å²) < 4.78 is 61.8. The normalized spacial score (nSPS) is 12.4. The van der Waals surface area contributed by atoms with Gasteiger partial charge in [-0.05, 0) is 18.6 Å². The van der Waals surface area contributed by atoms with Gasteiger partial charge in [0, 0.05) is 6.20 Å². The van der Waals surface area contributed by atoms with Gasteiger partial charge in [-0.25, -0.2) is 13.4 Å². The monoisotopic (exact) mass is 282 g/mol. The molecule has 0 unspecified atom stereocenters. The van der Waals surface area contributed by atoms with Crippen molar-refractivity contribution in [2.45, 2.75) is 25.9 Å². The molecule has 18 heavy (non-hydrogen) atoms. The van der Waals surface area contributed by atoms with Crippen molar-refractivity contribution in [3.63, 3.8) is 0 Å². The average Bonchev–Trinajstić information content (AvgIpc) is 2.25. The van der Waals surface area contributed by atoms with Crippen LogP contribution in [0.3, 0.4) is 0 Å². The van der Waals surface area contributed by atoms with Crippen molar-refractivity contribution in [2.75, 3.05) is 10.5 Å². The first-order valence-corrected chi connectivity index (χ1v) is 6.93. The minimum atomic E-state index is -4.48. The lowest BCUT2D eigenvalue weighted by molar-refractivity contribution is -0.137. The molecular formula is C10H13F3N2O2S. The van der Waals surface area contributed by atoms with E-state index >= 15 is 0 Å². The van der Waals surface area contributed by atoms with Crippen LogP contribution in [0.25, 0.3) is 0 Å². The SMILES string of the molecule is CCCCS(=O)(=O)Nc1ccc(C(F)(F)F)cn1. The standard InChI is InChI=1S/C10H13F3N2O2S/c1-2-3-6-18(16,17)15-9-5-4-8(7-14-9)10(11,12)13/h4-5,7H,2-3,6H2,1H3,(H,14,15). The fourth-order valence-electron chi connectivity index (χ4n) is 1.17. The van der Waals surface area contributed by atoms with Gasteiger partial charge in [0.1, 0.15) is 5.82 Å². The number of nitrogens with one attached hydrogen (secondary N) is 1. The van der Waals surface area contributed by atoms with Gasteiger partial charge in [-0.1, -0.05) is 13.3 Å². The Morgan fingerprint density at radius 2 is 2.00 bits per heavy atom. The van der Waals surface area contributed by atoms with E-state index in [1.165, 1.54) is 0 Å². The van der Waals surface area contributed by atoms with Crippen LogP contribution in [0.2, 0.25) is 0 Å². The molecule has 0 amide bonds. The van der Waals surface area contributed by atoms with Gasteiger partial charge in [0.25, 0.3) is 0 Å². The predicted octanol–water partition coefficient (Wildman–Crippen LogP) is 2.64. The Kier molecular flexibility index (Phi) is 4.55. The topological polar surface area (TPSA) is 59.1 Å². The Bertz CT molecular complexity index is 483. The van der Waals surface area contributed by atoms with Gasteiger partial charge in [0.15, 0.2) is 0 Å². The molecule has 0 bridgehead atoms. The van der Waals surface area contributed by atoms with Crippen LogP contribution >= 0.6 is 0 Å². The lowest BCUT2D eigenvalue weighted by Gasteiger charge is -2.09. The molecule has 0 radical (unpaired) electrons. The number of alkyl halides is 3. The summed E-state index contributed by atoms with van der Waals surface area (Å²) in [5, 5.41) is 0. The van der Waals surface area contributed by atoms with E-state index in [2.05, 4.69) is 9.71 Å². The van der Waals surface area contributed by atoms with E-state index in [1.54, 1.807) is 0 Å². The average molecular weight is 282 g/mol. The van der Waals surface area contributed by atoms with Crippen molar-refractivity contribution in [2.24, 2.45) is 0 Å². The summed E-state index contributed by atoms with van der Waals surface area (Å²) in [6, 6.07) is 1.77. The zero-order valence-electron chi connectivity index (χ0n) is 9.66. The zero-order valence-corrected chi connectivity index (χ0v) is 10.5. The maximum absolute atomic E-state index is 12.2. The van der Waals surface area contributed by atoms with Crippen molar-refractivity contribution in [3.8, 4) is 0 Å². The van der Waals surface area contributed by atoms with Gasteiger partial charge in [-0.15, -0.1) is 0 Å². The van der Waals surface area contributed by atoms with Crippen LogP contribution in [0.1, 0.15) is 25.3 Å². The molecule has 1 rings (SSSR count). The molecule has 0 fully saturated rings. The number of unbranched alkanes of at least 4 members (excludes halogenated alkanes) is 1. The number of sulfonamides is 1. The van der Waals surface area contributed by atoms with Crippen LogP contribution in [0.15, 0.2) is 18.3 Å². The molecule has 8 heteroatoms. The molecule has 0 saturated heterocycles. The van der Waals surface area contributed by atoms with Gasteiger partial charge < -0.3 is 0 Å². The summed E-state index contributed by atoms with van der Waals surface area (Å²) in [6.45, 7) is 1.84. The maximum atomic E-state index is 12.2. The predicted molar refractivity (Wildman–Crippen MR) is 61.6 cm³/mol. The Morgan fingerprint density at radius 3 is 2.44 bits per heavy atom. The van der Waals surface area contributed by atoms with Gasteiger partial charge in [-0.2, -0.15) is 13.2 Å². The molecular weight excluding hydrogens is 269 g/mol. The summed E-state index contributed by atoms with van der Waals surface area (Å²) in [6.07, 6.45) is -2.69. The van der Waals surface area contributed by atoms with E-state index in [-0.39, 0.29) is 11.6 Å². The summed E-state index contributed by atoms with van der Waals surface area (Å²) in [5.74, 6) is -0.189. The molecule has 1 heterocycles. The van der Waals surface area contributed by atoms with Gasteiger partial charge >= 0.3 is 6.18 Å². The lowest BCUT2D eigenvalue weighted by Crippen LogP contribution is -2.17. The second-order valence-electron chi connectivity index (χ2n) is 3.70. The third kappa shape index (κ3) is 4.52. The highest BCUT2D eigenvalue weighted by molar-refractivity contribution is 7.92. The van der Waals surface area contributed by atoms with Crippen molar-refractivity contribution < 1.29 is 21.6 Å². The molecule has 1 aromatic rings. The van der Waals surface area contributed by atoms with E-state index in [4.69, 9.17) is 0 Å². The van der Waals surface area contributed by atoms with Crippen molar-refractivity contribution in [1.82, 2.24) is 4.98 Å². The first-order chi connectivity index (χ1) is 8.24. The van der Waals surface area contributed by atoms with Crippen LogP contribution in [-0.2, 0) is 16.2 Å². The van der Waals surface area contributed by atoms with E-state index in [9.17, 15) is 21.6 Å². The first-order valence-electron chi connectivity index (χ1n) is 5.28. The number of rotatable bonds is 5. The van der Waals surface area contributed by atoms with E-state index in [0.29, 0.717) is 19.0 Å². The maximum Gasteiger partial charge on any atom is 0.417 e. The number of pyridine rings is 1. The molecule has 1 N–H and O–H groups in total. The molecule has 0 atom stereocenters. The summed E-state index contributed by atoms with van der Waals surface area (Å²) in [7, 11) is -3.54. The highest BCUT2D eigenvalue weighted by atomic mass is 32.2. The molecule has 0 aromatic carbocycles. The Balaban J connectivity index is 2.75. The van der Waals surface area contributed by atoms with Crippen molar-refractivity contribution in [3.05, 3.63) is 23.9 Å². The third-order valence-corrected chi connectivity index (χ3v) is 3.46. The number of aromatic nitrogens is 1. The molecule has 0 aliphatic heterocycles. The largest absolute Gasteiger partial charge is 0.417 e. The van der Waals surface area contributed by atoms with Crippen LogP contribution < -0.4 is 4.72 Å². The molecule has 0 aliphatic rings. The van der Waals surface area contributed by atoms with Gasteiger partial charge in [0.2, 0.25) is 10.0 Å². The van der Waals surface area contributed by atoms with Crippen molar-refractivity contribution >= 4 is 15.8 Å². The third-order valence-electron chi connectivity index (χ3n) is 2.12. The molecule has 0 spiro atoms. The highest BCUT2D eigenvalue weighted by Gasteiger charge is 2.30. The number of anilines is 1. The smallest absolute Gasteiger partial charge is 0.267 e. The second-order valence-corrected chi connectivity index (χ2v) is 5.55.